The Labute approximate surface area is 440 Å². The van der Waals surface area contributed by atoms with Crippen molar-refractivity contribution in [3.8, 4) is 28.4 Å². The smallest absolute Gasteiger partial charge is 0.135 e. The van der Waals surface area contributed by atoms with Gasteiger partial charge in [0.1, 0.15) is 5.82 Å². The molecule has 2 aromatic heterocycles. The molecule has 0 saturated heterocycles. The number of aromatic nitrogens is 2. The van der Waals surface area contributed by atoms with Gasteiger partial charge >= 0.3 is 0 Å². The Balaban J connectivity index is 0.00000504. The van der Waals surface area contributed by atoms with Gasteiger partial charge in [-0.25, -0.2) is 4.98 Å². The number of hydrogen-bond acceptors (Lipinski definition) is 6. The van der Waals surface area contributed by atoms with E-state index in [0.29, 0.717) is 11.5 Å². The molecule has 4 aliphatic rings. The SMILES string of the molecule is CC(C)(C)c1ccnc(-n2c3[c-]c(Oc4[c-]c(N5[CH-]N(c6cc7c8c(c6)C(C)(C)c6cccc9c6N8c6c(cccc6C7(C)C)S9)c6ccccc65)ccc4)ccc3c3cc(-c4ccccc4)ccc32)c1.[Pt]. The number of nitrogens with zero attached hydrogens (tertiary/aromatic N) is 5. The first-order chi connectivity index (χ1) is 34.3. The van der Waals surface area contributed by atoms with Gasteiger partial charge in [0, 0.05) is 82.0 Å². The van der Waals surface area contributed by atoms with Crippen molar-refractivity contribution in [3.63, 3.8) is 0 Å². The summed E-state index contributed by atoms with van der Waals surface area (Å²) < 4.78 is 8.99. The van der Waals surface area contributed by atoms with Crippen molar-refractivity contribution in [2.75, 3.05) is 14.7 Å². The Morgan fingerprint density at radius 1 is 0.569 bits per heavy atom. The van der Waals surface area contributed by atoms with Crippen LogP contribution in [0.4, 0.5) is 39.8 Å². The summed E-state index contributed by atoms with van der Waals surface area (Å²) in [5, 5.41) is 2.21. The Morgan fingerprint density at radius 3 is 1.92 bits per heavy atom. The summed E-state index contributed by atoms with van der Waals surface area (Å²) in [4.78, 5) is 14.8. The van der Waals surface area contributed by atoms with Gasteiger partial charge in [-0.3, -0.25) is 0 Å². The van der Waals surface area contributed by atoms with Crippen LogP contribution in [-0.4, -0.2) is 9.55 Å². The van der Waals surface area contributed by atoms with Crippen LogP contribution in [0, 0.1) is 18.8 Å². The third-order valence-corrected chi connectivity index (χ3v) is 16.5. The quantitative estimate of drug-likeness (QED) is 0.154. The van der Waals surface area contributed by atoms with Gasteiger partial charge in [0.05, 0.1) is 17.1 Å². The van der Waals surface area contributed by atoms with E-state index in [1.165, 1.54) is 60.2 Å². The first-order valence-corrected chi connectivity index (χ1v) is 25.3. The molecule has 0 N–H and O–H groups in total. The zero-order valence-electron chi connectivity index (χ0n) is 41.1. The van der Waals surface area contributed by atoms with Crippen LogP contribution in [0.5, 0.6) is 11.5 Å². The summed E-state index contributed by atoms with van der Waals surface area (Å²) >= 11 is 1.91. The maximum absolute atomic E-state index is 6.76. The molecule has 0 bridgehead atoms. The third-order valence-electron chi connectivity index (χ3n) is 15.4. The molecule has 0 fully saturated rings. The summed E-state index contributed by atoms with van der Waals surface area (Å²) in [6, 6.07) is 66.5. The van der Waals surface area contributed by atoms with Gasteiger partial charge in [-0.2, -0.15) is 12.1 Å². The molecule has 10 aromatic rings. The number of pyridine rings is 1. The molecule has 0 saturated carbocycles. The molecule has 0 aliphatic carbocycles. The van der Waals surface area contributed by atoms with Crippen molar-refractivity contribution in [2.24, 2.45) is 0 Å². The van der Waals surface area contributed by atoms with E-state index in [1.54, 1.807) is 0 Å². The first-order valence-electron chi connectivity index (χ1n) is 24.5. The minimum Gasteiger partial charge on any atom is -0.509 e. The number of benzene rings is 8. The maximum atomic E-state index is 6.76. The fourth-order valence-corrected chi connectivity index (χ4v) is 12.8. The van der Waals surface area contributed by atoms with Crippen molar-refractivity contribution in [1.82, 2.24) is 9.55 Å². The van der Waals surface area contributed by atoms with E-state index >= 15 is 0 Å². The Kier molecular flexibility index (Phi) is 9.95. The van der Waals surface area contributed by atoms with Gasteiger partial charge in [-0.05, 0) is 104 Å². The minimum atomic E-state index is -0.243. The molecule has 8 aromatic carbocycles. The van der Waals surface area contributed by atoms with Crippen LogP contribution in [0.1, 0.15) is 76.3 Å². The number of fused-ring (bicyclic) bond motifs is 4. The maximum Gasteiger partial charge on any atom is 0.135 e. The van der Waals surface area contributed by atoms with Crippen LogP contribution >= 0.6 is 11.8 Å². The monoisotopic (exact) mass is 1130 g/mol. The summed E-state index contributed by atoms with van der Waals surface area (Å²) in [6.07, 6.45) is 1.92. The summed E-state index contributed by atoms with van der Waals surface area (Å²) in [6.45, 7) is 18.5. The fourth-order valence-electron chi connectivity index (χ4n) is 11.7. The summed E-state index contributed by atoms with van der Waals surface area (Å²) in [5.74, 6) is 2.04. The molecule has 0 radical (unpaired) electrons. The first kappa shape index (κ1) is 44.9. The number of ether oxygens (including phenoxy) is 1. The average Bonchev–Trinajstić information content (AvgIpc) is 3.93. The second kappa shape index (κ2) is 16.0. The number of hydrogen-bond donors (Lipinski definition) is 0. The molecular weight excluding hydrogens is 1080 g/mol. The normalized spacial score (nSPS) is 15.3. The second-order valence-corrected chi connectivity index (χ2v) is 22.5. The van der Waals surface area contributed by atoms with Crippen LogP contribution in [0.3, 0.4) is 0 Å². The summed E-state index contributed by atoms with van der Waals surface area (Å²) in [5.41, 5.74) is 18.5. The molecule has 0 amide bonds. The summed E-state index contributed by atoms with van der Waals surface area (Å²) in [7, 11) is 0. The molecule has 6 heterocycles. The van der Waals surface area contributed by atoms with Gasteiger partial charge < -0.3 is 24.0 Å². The van der Waals surface area contributed by atoms with Crippen LogP contribution in [-0.2, 0) is 37.3 Å². The third kappa shape index (κ3) is 6.56. The van der Waals surface area contributed by atoms with Crippen molar-refractivity contribution < 1.29 is 25.8 Å². The molecule has 4 aliphatic heterocycles. The predicted molar refractivity (Wildman–Crippen MR) is 291 cm³/mol. The predicted octanol–water partition coefficient (Wildman–Crippen LogP) is 17.2. The second-order valence-electron chi connectivity index (χ2n) is 21.4. The van der Waals surface area contributed by atoms with Gasteiger partial charge in [-0.15, -0.1) is 48.1 Å². The topological polar surface area (TPSA) is 36.8 Å². The van der Waals surface area contributed by atoms with E-state index < -0.39 is 0 Å². The molecular formula is C64H50N5OPtS-3. The van der Waals surface area contributed by atoms with Crippen LogP contribution < -0.4 is 19.4 Å². The van der Waals surface area contributed by atoms with Crippen molar-refractivity contribution in [2.45, 2.75) is 74.5 Å². The Bertz CT molecular complexity index is 3800. The molecule has 356 valence electrons. The molecule has 0 unspecified atom stereocenters. The zero-order chi connectivity index (χ0) is 48.1. The van der Waals surface area contributed by atoms with E-state index in [9.17, 15) is 0 Å². The van der Waals surface area contributed by atoms with E-state index in [1.807, 2.05) is 36.2 Å². The van der Waals surface area contributed by atoms with Gasteiger partial charge in [0.25, 0.3) is 0 Å². The van der Waals surface area contributed by atoms with Crippen molar-refractivity contribution >= 4 is 73.4 Å². The largest absolute Gasteiger partial charge is 0.509 e. The van der Waals surface area contributed by atoms with Crippen molar-refractivity contribution in [3.05, 3.63) is 217 Å². The van der Waals surface area contributed by atoms with Gasteiger partial charge in [0.15, 0.2) is 0 Å². The number of rotatable bonds is 6. The molecule has 0 spiro atoms. The van der Waals surface area contributed by atoms with Crippen molar-refractivity contribution in [1.29, 1.82) is 0 Å². The van der Waals surface area contributed by atoms with E-state index in [-0.39, 0.29) is 37.3 Å². The molecule has 14 rings (SSSR count). The van der Waals surface area contributed by atoms with Gasteiger partial charge in [0.2, 0.25) is 0 Å². The van der Waals surface area contributed by atoms with E-state index in [2.05, 4.69) is 232 Å². The molecule has 72 heavy (non-hydrogen) atoms. The molecule has 0 atom stereocenters. The number of anilines is 7. The minimum absolute atomic E-state index is 0. The van der Waals surface area contributed by atoms with Gasteiger partial charge in [-0.1, -0.05) is 145 Å². The van der Waals surface area contributed by atoms with Crippen LogP contribution in [0.25, 0.3) is 38.8 Å². The molecule has 6 nitrogen and oxygen atoms in total. The van der Waals surface area contributed by atoms with E-state index in [0.717, 1.165) is 55.9 Å². The standard InChI is InChI=1S/C64H50N5OS.Pt/c1-62(2,3)41-30-31-65-58(33-41)68-52-29-26-40(39-16-9-8-10-17-39)32-47(52)46-28-27-45(37-55(46)68)70-44-19-13-18-42(34-44)66-38-67(54-23-12-11-22-53(54)66)43-35-50-59-51(36-43)64(6,7)49-21-15-25-57-61(49)69(59)60-48(63(50,4)5)20-14-24-56(60)71-57;/h8-33,35-36,38H,1-7H3;/q-3;. The number of para-hydroxylation sites is 4. The van der Waals surface area contributed by atoms with Crippen LogP contribution in [0.15, 0.2) is 180 Å². The Hall–Kier alpha value is -7.05. The molecule has 8 heteroatoms. The zero-order valence-corrected chi connectivity index (χ0v) is 44.2. The fraction of sp³-hybridized carbons (Fsp3) is 0.156. The Morgan fingerprint density at radius 2 is 1.22 bits per heavy atom. The average molecular weight is 1130 g/mol. The van der Waals surface area contributed by atoms with Crippen LogP contribution in [0.2, 0.25) is 0 Å². The van der Waals surface area contributed by atoms with E-state index in [4.69, 9.17) is 9.72 Å².